The fourth-order valence-electron chi connectivity index (χ4n) is 2.59. The first-order valence-corrected chi connectivity index (χ1v) is 8.90. The molecule has 2 aromatic rings. The normalized spacial score (nSPS) is 19.8. The van der Waals surface area contributed by atoms with Crippen LogP contribution in [0.3, 0.4) is 0 Å². The van der Waals surface area contributed by atoms with Gasteiger partial charge < -0.3 is 13.9 Å². The van der Waals surface area contributed by atoms with Crippen molar-refractivity contribution in [2.45, 2.75) is 40.4 Å². The minimum absolute atomic E-state index is 0.0204. The van der Waals surface area contributed by atoms with Crippen LogP contribution in [0.5, 0.6) is 0 Å². The van der Waals surface area contributed by atoms with Crippen LogP contribution in [0.25, 0.3) is 17.4 Å². The Morgan fingerprint density at radius 3 is 2.04 bits per heavy atom. The van der Waals surface area contributed by atoms with Crippen molar-refractivity contribution in [1.82, 2.24) is 0 Å². The average Bonchev–Trinajstić information content (AvgIpc) is 3.06. The van der Waals surface area contributed by atoms with Crippen molar-refractivity contribution in [3.05, 3.63) is 53.3 Å². The largest absolute Gasteiger partial charge is 0.457 e. The van der Waals surface area contributed by atoms with Gasteiger partial charge in [0.05, 0.1) is 0 Å². The average molecular weight is 382 g/mol. The second kappa shape index (κ2) is 6.78. The molecule has 0 radical (unpaired) electrons. The van der Waals surface area contributed by atoms with Crippen LogP contribution >= 0.6 is 0 Å². The summed E-state index contributed by atoms with van der Waals surface area (Å²) < 4.78 is 16.5. The number of carbonyl (C=O) groups is 3. The number of ketones is 1. The maximum atomic E-state index is 12.4. The minimum Gasteiger partial charge on any atom is -0.457 e. The zero-order valence-corrected chi connectivity index (χ0v) is 16.5. The van der Waals surface area contributed by atoms with Crippen molar-refractivity contribution in [3.8, 4) is 11.3 Å². The lowest BCUT2D eigenvalue weighted by Crippen LogP contribution is -2.52. The third kappa shape index (κ3) is 3.63. The van der Waals surface area contributed by atoms with Crippen LogP contribution in [0.15, 0.2) is 46.4 Å². The van der Waals surface area contributed by atoms with Gasteiger partial charge in [-0.25, -0.2) is 9.59 Å². The van der Waals surface area contributed by atoms with E-state index in [2.05, 4.69) is 0 Å². The summed E-state index contributed by atoms with van der Waals surface area (Å²) >= 11 is 0. The van der Waals surface area contributed by atoms with E-state index in [0.29, 0.717) is 17.1 Å². The lowest BCUT2D eigenvalue weighted by atomic mass is 9.86. The summed E-state index contributed by atoms with van der Waals surface area (Å²) in [6.45, 7) is 8.52. The van der Waals surface area contributed by atoms with Crippen molar-refractivity contribution in [3.63, 3.8) is 0 Å². The van der Waals surface area contributed by atoms with Crippen molar-refractivity contribution in [2.75, 3.05) is 0 Å². The van der Waals surface area contributed by atoms with Gasteiger partial charge in [-0.2, -0.15) is 0 Å². The van der Waals surface area contributed by atoms with Gasteiger partial charge in [-0.05, 0) is 19.1 Å². The number of hydrogen-bond acceptors (Lipinski definition) is 6. The van der Waals surface area contributed by atoms with Crippen molar-refractivity contribution in [2.24, 2.45) is 5.41 Å². The Labute approximate surface area is 163 Å². The number of hydrogen-bond donors (Lipinski definition) is 0. The Kier molecular flexibility index (Phi) is 4.75. The molecule has 3 rings (SSSR count). The van der Waals surface area contributed by atoms with E-state index >= 15 is 0 Å². The van der Waals surface area contributed by atoms with Gasteiger partial charge in [0.15, 0.2) is 5.78 Å². The van der Waals surface area contributed by atoms with E-state index in [1.54, 1.807) is 43.3 Å². The first-order chi connectivity index (χ1) is 13.0. The smallest absolute Gasteiger partial charge is 0.349 e. The van der Waals surface area contributed by atoms with Gasteiger partial charge in [0, 0.05) is 29.5 Å². The van der Waals surface area contributed by atoms with E-state index in [1.165, 1.54) is 13.0 Å². The second-order valence-corrected chi connectivity index (χ2v) is 7.87. The molecule has 0 saturated carbocycles. The van der Waals surface area contributed by atoms with Crippen LogP contribution in [0.1, 0.15) is 50.7 Å². The van der Waals surface area contributed by atoms with Crippen LogP contribution in [-0.2, 0) is 19.1 Å². The fourth-order valence-corrected chi connectivity index (χ4v) is 2.59. The molecule has 146 valence electrons. The molecule has 0 spiro atoms. The molecule has 1 aliphatic rings. The van der Waals surface area contributed by atoms with Gasteiger partial charge in [0.25, 0.3) is 5.79 Å². The third-order valence-corrected chi connectivity index (χ3v) is 4.87. The molecule has 28 heavy (non-hydrogen) atoms. The van der Waals surface area contributed by atoms with Gasteiger partial charge in [0.2, 0.25) is 0 Å². The highest BCUT2D eigenvalue weighted by atomic mass is 16.7. The molecule has 0 aliphatic carbocycles. The van der Waals surface area contributed by atoms with Crippen LogP contribution in [0, 0.1) is 5.41 Å². The van der Waals surface area contributed by atoms with Crippen LogP contribution in [-0.4, -0.2) is 23.5 Å². The molecular formula is C22H22O6. The molecule has 1 aromatic heterocycles. The molecule has 1 aromatic carbocycles. The monoisotopic (exact) mass is 382 g/mol. The van der Waals surface area contributed by atoms with Gasteiger partial charge in [-0.3, -0.25) is 4.79 Å². The number of cyclic esters (lactones) is 2. The van der Waals surface area contributed by atoms with Crippen LogP contribution in [0.4, 0.5) is 0 Å². The van der Waals surface area contributed by atoms with Gasteiger partial charge in [-0.15, -0.1) is 0 Å². The van der Waals surface area contributed by atoms with E-state index in [1.807, 2.05) is 20.8 Å². The summed E-state index contributed by atoms with van der Waals surface area (Å²) in [6, 6.07) is 10.3. The lowest BCUT2D eigenvalue weighted by molar-refractivity contribution is -0.261. The van der Waals surface area contributed by atoms with Gasteiger partial charge in [-0.1, -0.05) is 45.0 Å². The summed E-state index contributed by atoms with van der Waals surface area (Å²) in [5.41, 5.74) is 0.568. The Bertz CT molecular complexity index is 949. The Hall–Kier alpha value is -3.15. The molecule has 2 heterocycles. The molecule has 1 aliphatic heterocycles. The first kappa shape index (κ1) is 19.6. The molecule has 6 heteroatoms. The molecule has 0 atom stereocenters. The maximum absolute atomic E-state index is 12.4. The molecule has 0 bridgehead atoms. The van der Waals surface area contributed by atoms with Crippen LogP contribution < -0.4 is 0 Å². The Morgan fingerprint density at radius 1 is 0.964 bits per heavy atom. The van der Waals surface area contributed by atoms with Crippen molar-refractivity contribution >= 4 is 23.8 Å². The zero-order valence-electron chi connectivity index (χ0n) is 16.5. The number of furan rings is 1. The number of esters is 2. The molecule has 6 nitrogen and oxygen atoms in total. The second-order valence-electron chi connectivity index (χ2n) is 7.87. The fraction of sp³-hybridized carbons (Fsp3) is 0.318. The summed E-state index contributed by atoms with van der Waals surface area (Å²) in [5, 5.41) is 0. The third-order valence-electron chi connectivity index (χ3n) is 4.87. The quantitative estimate of drug-likeness (QED) is 0.339. The first-order valence-electron chi connectivity index (χ1n) is 8.90. The highest BCUT2D eigenvalue weighted by Crippen LogP contribution is 2.39. The van der Waals surface area contributed by atoms with Gasteiger partial charge >= 0.3 is 11.9 Å². The number of Topliss-reactive ketones (excluding diaryl/α,β-unsaturated/α-hetero) is 1. The molecule has 0 N–H and O–H groups in total. The number of rotatable bonds is 3. The Morgan fingerprint density at radius 2 is 1.54 bits per heavy atom. The van der Waals surface area contributed by atoms with E-state index in [0.717, 1.165) is 5.56 Å². The molecule has 1 fully saturated rings. The van der Waals surface area contributed by atoms with E-state index in [4.69, 9.17) is 13.9 Å². The van der Waals surface area contributed by atoms with Crippen molar-refractivity contribution < 1.29 is 28.3 Å². The minimum atomic E-state index is -1.34. The van der Waals surface area contributed by atoms with E-state index < -0.39 is 23.1 Å². The topological polar surface area (TPSA) is 82.8 Å². The van der Waals surface area contributed by atoms with E-state index in [-0.39, 0.29) is 11.4 Å². The number of benzene rings is 1. The summed E-state index contributed by atoms with van der Waals surface area (Å²) in [5.74, 6) is -2.01. The molecule has 1 saturated heterocycles. The van der Waals surface area contributed by atoms with Crippen LogP contribution in [0.2, 0.25) is 0 Å². The molecule has 0 unspecified atom stereocenters. The highest BCUT2D eigenvalue weighted by molar-refractivity contribution is 6.18. The maximum Gasteiger partial charge on any atom is 0.349 e. The molecular weight excluding hydrogens is 360 g/mol. The zero-order chi connectivity index (χ0) is 20.7. The SMILES string of the molecule is CC(=O)c1ccc(-c2ccc(C=C3C(=O)OC(C)(C(C)(C)C)OC3=O)o2)cc1. The number of carbonyl (C=O) groups excluding carboxylic acids is 3. The summed E-state index contributed by atoms with van der Waals surface area (Å²) in [6.07, 6.45) is 1.31. The Balaban J connectivity index is 1.84. The predicted octanol–water partition coefficient (Wildman–Crippen LogP) is 4.39. The lowest BCUT2D eigenvalue weighted by Gasteiger charge is -2.42. The van der Waals surface area contributed by atoms with E-state index in [9.17, 15) is 14.4 Å². The number of ether oxygens (including phenoxy) is 2. The summed E-state index contributed by atoms with van der Waals surface area (Å²) in [7, 11) is 0. The molecule has 0 amide bonds. The summed E-state index contributed by atoms with van der Waals surface area (Å²) in [4.78, 5) is 36.1. The van der Waals surface area contributed by atoms with Crippen molar-refractivity contribution in [1.29, 1.82) is 0 Å². The standard InChI is InChI=1S/C22H22O6/c1-13(23)14-6-8-15(9-7-14)18-11-10-16(26-18)12-17-19(24)27-22(5,21(2,3)4)28-20(17)25/h6-12H,1-5H3. The highest BCUT2D eigenvalue weighted by Gasteiger charge is 2.50. The predicted molar refractivity (Wildman–Crippen MR) is 102 cm³/mol. The van der Waals surface area contributed by atoms with Gasteiger partial charge in [0.1, 0.15) is 17.1 Å².